The molecule has 2 heterocycles. The Morgan fingerprint density at radius 1 is 1.05 bits per heavy atom. The van der Waals surface area contributed by atoms with Crippen LogP contribution in [0.15, 0.2) is 36.4 Å². The van der Waals surface area contributed by atoms with E-state index in [4.69, 9.17) is 0 Å². The molecule has 7 nitrogen and oxygen atoms in total. The van der Waals surface area contributed by atoms with Crippen molar-refractivity contribution in [3.63, 3.8) is 0 Å². The van der Waals surface area contributed by atoms with Gasteiger partial charge in [0.05, 0.1) is 5.92 Å². The molecule has 2 fully saturated rings. The van der Waals surface area contributed by atoms with Crippen LogP contribution in [0.1, 0.15) is 95.7 Å². The molecule has 2 saturated carbocycles. The van der Waals surface area contributed by atoms with Gasteiger partial charge < -0.3 is 10.2 Å². The fraction of sp³-hybridized carbons (Fsp3) is 0.515. The second-order valence-corrected chi connectivity index (χ2v) is 13.0. The van der Waals surface area contributed by atoms with E-state index in [2.05, 4.69) is 5.32 Å². The normalized spacial score (nSPS) is 25.4. The van der Waals surface area contributed by atoms with E-state index in [9.17, 15) is 28.0 Å². The summed E-state index contributed by atoms with van der Waals surface area (Å²) in [5.74, 6) is -5.08. The van der Waals surface area contributed by atoms with E-state index in [0.29, 0.717) is 36.2 Å². The molecule has 3 atom stereocenters. The molecule has 2 aromatic rings. The number of nitrogens with zero attached hydrogens (tertiary/aromatic N) is 2. The topological polar surface area (TPSA) is 86.8 Å². The van der Waals surface area contributed by atoms with Crippen LogP contribution in [0.25, 0.3) is 0 Å². The summed E-state index contributed by atoms with van der Waals surface area (Å²) in [7, 11) is 0. The fourth-order valence-electron chi connectivity index (χ4n) is 7.33. The summed E-state index contributed by atoms with van der Waals surface area (Å²) < 4.78 is 27.0. The predicted molar refractivity (Wildman–Crippen MR) is 153 cm³/mol. The molecule has 4 amide bonds. The average Bonchev–Trinajstić information content (AvgIpc) is 3.27. The highest BCUT2D eigenvalue weighted by Gasteiger charge is 2.49. The number of fused-ring (bicyclic) bond motifs is 2. The Kier molecular flexibility index (Phi) is 7.18. The number of aryl methyl sites for hydroxylation is 1. The number of carbonyl (C=O) groups excluding carboxylic acids is 4. The molecule has 2 aliphatic heterocycles. The predicted octanol–water partition coefficient (Wildman–Crippen LogP) is 5.92. The van der Waals surface area contributed by atoms with E-state index in [1.54, 1.807) is 6.07 Å². The molecule has 3 unspecified atom stereocenters. The number of rotatable bonds is 6. The van der Waals surface area contributed by atoms with Crippen molar-refractivity contribution < 1.29 is 28.0 Å². The SMILES string of the molecule is Cc1cc2c(cc1NC(=O)C1CCCC(N3Cc4ccccc4C3=O)C1)C(=O)N(CC1CC(F)(F)C1)C(=O)C2C(C)C. The maximum atomic E-state index is 13.6. The van der Waals surface area contributed by atoms with Crippen LogP contribution in [-0.4, -0.2) is 51.9 Å². The minimum atomic E-state index is -2.74. The number of carbonyl (C=O) groups is 4. The van der Waals surface area contributed by atoms with E-state index in [0.717, 1.165) is 34.4 Å². The first-order chi connectivity index (χ1) is 19.9. The molecular formula is C33H37F2N3O4. The second-order valence-electron chi connectivity index (χ2n) is 13.0. The Labute approximate surface area is 244 Å². The molecule has 6 rings (SSSR count). The first-order valence-electron chi connectivity index (χ1n) is 15.0. The number of alkyl halides is 2. The molecule has 0 spiro atoms. The van der Waals surface area contributed by atoms with Crippen molar-refractivity contribution >= 4 is 29.3 Å². The van der Waals surface area contributed by atoms with Crippen molar-refractivity contribution in [2.24, 2.45) is 17.8 Å². The van der Waals surface area contributed by atoms with Gasteiger partial charge in [-0.05, 0) is 66.8 Å². The molecule has 2 aliphatic carbocycles. The van der Waals surface area contributed by atoms with Gasteiger partial charge in [0.25, 0.3) is 11.8 Å². The van der Waals surface area contributed by atoms with Gasteiger partial charge in [0, 0.05) is 54.7 Å². The number of hydrogen-bond acceptors (Lipinski definition) is 4. The summed E-state index contributed by atoms with van der Waals surface area (Å²) in [6.45, 7) is 6.20. The maximum Gasteiger partial charge on any atom is 0.260 e. The highest BCUT2D eigenvalue weighted by atomic mass is 19.3. The Morgan fingerprint density at radius 2 is 1.79 bits per heavy atom. The van der Waals surface area contributed by atoms with E-state index in [1.807, 2.05) is 56.0 Å². The van der Waals surface area contributed by atoms with Gasteiger partial charge in [0.15, 0.2) is 0 Å². The zero-order chi connectivity index (χ0) is 29.9. The average molecular weight is 578 g/mol. The van der Waals surface area contributed by atoms with Gasteiger partial charge in [0.2, 0.25) is 17.7 Å². The molecule has 9 heteroatoms. The van der Waals surface area contributed by atoms with Crippen molar-refractivity contribution in [2.75, 3.05) is 11.9 Å². The number of nitrogens with one attached hydrogen (secondary N) is 1. The zero-order valence-corrected chi connectivity index (χ0v) is 24.3. The summed E-state index contributed by atoms with van der Waals surface area (Å²) in [5, 5.41) is 3.04. The van der Waals surface area contributed by atoms with Crippen molar-refractivity contribution in [3.8, 4) is 0 Å². The van der Waals surface area contributed by atoms with Crippen LogP contribution in [-0.2, 0) is 16.1 Å². The van der Waals surface area contributed by atoms with Gasteiger partial charge in [0.1, 0.15) is 0 Å². The fourth-order valence-corrected chi connectivity index (χ4v) is 7.33. The van der Waals surface area contributed by atoms with Gasteiger partial charge in [-0.25, -0.2) is 8.78 Å². The third-order valence-electron chi connectivity index (χ3n) is 9.59. The summed E-state index contributed by atoms with van der Waals surface area (Å²) in [6, 6.07) is 11.1. The minimum absolute atomic E-state index is 0.0186. The summed E-state index contributed by atoms with van der Waals surface area (Å²) in [6.07, 6.45) is 2.31. The molecule has 1 N–H and O–H groups in total. The Balaban J connectivity index is 1.20. The molecule has 0 saturated heterocycles. The van der Waals surface area contributed by atoms with Gasteiger partial charge in [-0.1, -0.05) is 44.5 Å². The van der Waals surface area contributed by atoms with E-state index in [-0.39, 0.29) is 55.0 Å². The lowest BCUT2D eigenvalue weighted by Gasteiger charge is -2.41. The monoisotopic (exact) mass is 577 g/mol. The van der Waals surface area contributed by atoms with Gasteiger partial charge in [-0.3, -0.25) is 24.1 Å². The largest absolute Gasteiger partial charge is 0.331 e. The molecule has 222 valence electrons. The van der Waals surface area contributed by atoms with Crippen LogP contribution in [0.2, 0.25) is 0 Å². The second kappa shape index (κ2) is 10.6. The lowest BCUT2D eigenvalue weighted by molar-refractivity contribution is -0.139. The first kappa shape index (κ1) is 28.5. The number of halogens is 2. The van der Waals surface area contributed by atoms with Crippen LogP contribution in [0.4, 0.5) is 14.5 Å². The van der Waals surface area contributed by atoms with Crippen LogP contribution >= 0.6 is 0 Å². The van der Waals surface area contributed by atoms with E-state index < -0.39 is 23.7 Å². The summed E-state index contributed by atoms with van der Waals surface area (Å²) >= 11 is 0. The molecule has 42 heavy (non-hydrogen) atoms. The molecule has 2 aromatic carbocycles. The van der Waals surface area contributed by atoms with E-state index in [1.165, 1.54) is 0 Å². The highest BCUT2D eigenvalue weighted by molar-refractivity contribution is 6.12. The smallest absolute Gasteiger partial charge is 0.260 e. The van der Waals surface area contributed by atoms with Crippen molar-refractivity contribution in [1.82, 2.24) is 9.80 Å². The molecule has 4 aliphatic rings. The third kappa shape index (κ3) is 5.01. The number of amides is 4. The van der Waals surface area contributed by atoms with Gasteiger partial charge in [-0.2, -0.15) is 0 Å². The third-order valence-corrected chi connectivity index (χ3v) is 9.59. The van der Waals surface area contributed by atoms with Crippen molar-refractivity contribution in [1.29, 1.82) is 0 Å². The Bertz CT molecular complexity index is 1460. The maximum absolute atomic E-state index is 13.6. The van der Waals surface area contributed by atoms with Crippen molar-refractivity contribution in [3.05, 3.63) is 64.2 Å². The van der Waals surface area contributed by atoms with Crippen LogP contribution in [0.3, 0.4) is 0 Å². The Hall–Kier alpha value is -3.62. The highest BCUT2D eigenvalue weighted by Crippen LogP contribution is 2.45. The molecule has 0 radical (unpaired) electrons. The minimum Gasteiger partial charge on any atom is -0.331 e. The van der Waals surface area contributed by atoms with Crippen LogP contribution in [0.5, 0.6) is 0 Å². The first-order valence-corrected chi connectivity index (χ1v) is 15.0. The van der Waals surface area contributed by atoms with Crippen molar-refractivity contribution in [2.45, 2.75) is 83.7 Å². The van der Waals surface area contributed by atoms with Crippen LogP contribution in [0, 0.1) is 24.7 Å². The lowest BCUT2D eigenvalue weighted by atomic mass is 9.77. The number of imide groups is 1. The number of hydrogen-bond donors (Lipinski definition) is 1. The molecule has 0 aromatic heterocycles. The standard InChI is InChI=1S/C33H37F2N3O4/c1-18(2)28-25-11-19(3)27(13-26(25)31(41)38(32(28)42)16-20-14-33(34,35)15-20)36-29(39)21-8-6-9-23(12-21)37-17-22-7-4-5-10-24(22)30(37)40/h4-5,7,10-11,13,18,20-21,23,28H,6,8-9,12,14-17H2,1-3H3,(H,36,39). The zero-order valence-electron chi connectivity index (χ0n) is 24.3. The van der Waals surface area contributed by atoms with E-state index >= 15 is 0 Å². The summed E-state index contributed by atoms with van der Waals surface area (Å²) in [5.41, 5.74) is 3.96. The molecule has 0 bridgehead atoms. The quantitative estimate of drug-likeness (QED) is 0.432. The van der Waals surface area contributed by atoms with Gasteiger partial charge >= 0.3 is 0 Å². The Morgan fingerprint density at radius 3 is 2.48 bits per heavy atom. The van der Waals surface area contributed by atoms with Crippen LogP contribution < -0.4 is 5.32 Å². The molecular weight excluding hydrogens is 540 g/mol. The summed E-state index contributed by atoms with van der Waals surface area (Å²) in [4.78, 5) is 56.6. The van der Waals surface area contributed by atoms with Gasteiger partial charge in [-0.15, -0.1) is 0 Å². The number of anilines is 1. The number of benzene rings is 2. The lowest BCUT2D eigenvalue weighted by Crippen LogP contribution is -2.51.